The number of rotatable bonds is 5. The van der Waals surface area contributed by atoms with E-state index in [9.17, 15) is 33.3 Å². The molecule has 236 valence electrons. The van der Waals surface area contributed by atoms with Gasteiger partial charge in [0.25, 0.3) is 0 Å². The number of carbonyl (C=O) groups is 2. The summed E-state index contributed by atoms with van der Waals surface area (Å²) in [4.78, 5) is 34.9. The van der Waals surface area contributed by atoms with Gasteiger partial charge >= 0.3 is 18.1 Å². The molecule has 0 aliphatic carbocycles. The van der Waals surface area contributed by atoms with E-state index in [4.69, 9.17) is 54.0 Å². The summed E-state index contributed by atoms with van der Waals surface area (Å²) in [5, 5.41) is 37.5. The van der Waals surface area contributed by atoms with Crippen molar-refractivity contribution in [2.45, 2.75) is 43.7 Å². The van der Waals surface area contributed by atoms with Crippen LogP contribution in [0, 0.1) is 0 Å². The molecule has 3 aromatic rings. The number of imidazole rings is 1. The summed E-state index contributed by atoms with van der Waals surface area (Å²) in [7, 11) is 0. The molecule has 0 bridgehead atoms. The van der Waals surface area contributed by atoms with Gasteiger partial charge < -0.3 is 46.3 Å². The smallest absolute Gasteiger partial charge is 0.487 e. The number of hydrogen-bond acceptors (Lipinski definition) is 12. The van der Waals surface area contributed by atoms with Crippen molar-refractivity contribution < 1.29 is 52.7 Å². The molecule has 43 heavy (non-hydrogen) atoms. The number of ether oxygens (including phenoxy) is 2. The van der Waals surface area contributed by atoms with E-state index in [-0.39, 0.29) is 23.1 Å². The number of nitrogens with two attached hydrogens (primary N) is 2. The van der Waals surface area contributed by atoms with Gasteiger partial charge in [-0.3, -0.25) is 4.57 Å². The zero-order valence-corrected chi connectivity index (χ0v) is 23.5. The number of hydrogen-bond donors (Lipinski definition) is 6. The predicted molar refractivity (Wildman–Crippen MR) is 145 cm³/mol. The number of halogens is 5. The SMILES string of the molecule is CCN.Nc1nc(N2CC(Oc3ccc(Cl)c(Cl)c3)C2)nc2c1ncn2[C@@H]1O[C@@H](C(=O)O)[C@H](O)[C@@H]1O.O=C(O)C(F)(F)F. The van der Waals surface area contributed by atoms with Crippen molar-refractivity contribution in [1.29, 1.82) is 0 Å². The summed E-state index contributed by atoms with van der Waals surface area (Å²) in [6.07, 6.45) is -9.84. The molecule has 0 saturated carbocycles. The number of aliphatic carboxylic acids is 2. The van der Waals surface area contributed by atoms with Crippen LogP contribution in [0.1, 0.15) is 13.2 Å². The van der Waals surface area contributed by atoms with Gasteiger partial charge in [0.05, 0.1) is 29.5 Å². The zero-order valence-electron chi connectivity index (χ0n) is 22.0. The monoisotopic (exact) mass is 655 g/mol. The summed E-state index contributed by atoms with van der Waals surface area (Å²) in [5.74, 6) is -3.16. The Morgan fingerprint density at radius 2 is 1.74 bits per heavy atom. The van der Waals surface area contributed by atoms with Crippen molar-refractivity contribution >= 4 is 58.1 Å². The average Bonchev–Trinajstić information content (AvgIpc) is 3.44. The van der Waals surface area contributed by atoms with Crippen LogP contribution in [0.5, 0.6) is 5.75 Å². The Bertz CT molecular complexity index is 1460. The molecule has 2 aliphatic rings. The Kier molecular flexibility index (Phi) is 10.8. The summed E-state index contributed by atoms with van der Waals surface area (Å²) < 4.78 is 44.3. The molecule has 1 aromatic carbocycles. The van der Waals surface area contributed by atoms with Crippen LogP contribution in [0.3, 0.4) is 0 Å². The molecule has 15 nitrogen and oxygen atoms in total. The van der Waals surface area contributed by atoms with Crippen LogP contribution in [0.25, 0.3) is 11.2 Å². The standard InChI is InChI=1S/C19H18Cl2N6O6.C2HF3O2.C2H7N/c20-9-2-1-7(3-10(9)21)32-8-4-26(5-8)19-24-15(22)11-16(25-19)27(6-23-11)17-13(29)12(28)14(33-17)18(30)31;3-2(4,5)1(6)7;1-2-3/h1-3,6,8,12-14,17,28-29H,4-5H2,(H,30,31)(H2,22,24,25);(H,6,7);2-3H2,1H3/t12-,13+,14-,17-;;/m1../s1. The van der Waals surface area contributed by atoms with Crippen LogP contribution in [-0.2, 0) is 14.3 Å². The molecule has 0 spiro atoms. The van der Waals surface area contributed by atoms with Gasteiger partial charge in [0.2, 0.25) is 5.95 Å². The number of aliphatic hydroxyl groups is 2. The highest BCUT2D eigenvalue weighted by molar-refractivity contribution is 6.42. The lowest BCUT2D eigenvalue weighted by molar-refractivity contribution is -0.192. The molecule has 2 aromatic heterocycles. The van der Waals surface area contributed by atoms with Crippen molar-refractivity contribution in [3.05, 3.63) is 34.6 Å². The van der Waals surface area contributed by atoms with Crippen molar-refractivity contribution in [3.8, 4) is 5.75 Å². The number of carboxylic acids is 2. The van der Waals surface area contributed by atoms with Crippen molar-refractivity contribution in [1.82, 2.24) is 19.5 Å². The van der Waals surface area contributed by atoms with E-state index in [0.29, 0.717) is 34.8 Å². The van der Waals surface area contributed by atoms with Crippen molar-refractivity contribution in [2.75, 3.05) is 30.3 Å². The molecular weight excluding hydrogens is 630 g/mol. The molecule has 2 fully saturated rings. The van der Waals surface area contributed by atoms with Crippen molar-refractivity contribution in [2.24, 2.45) is 5.73 Å². The minimum absolute atomic E-state index is 0.102. The van der Waals surface area contributed by atoms with Crippen LogP contribution in [0.4, 0.5) is 24.9 Å². The normalized spacial score (nSPS) is 21.7. The van der Waals surface area contributed by atoms with Gasteiger partial charge in [-0.05, 0) is 18.7 Å². The van der Waals surface area contributed by atoms with Gasteiger partial charge in [-0.1, -0.05) is 30.1 Å². The first-order valence-corrected chi connectivity index (χ1v) is 13.0. The summed E-state index contributed by atoms with van der Waals surface area (Å²) in [6.45, 7) is 3.60. The Labute approximate surface area is 250 Å². The second-order valence-electron chi connectivity index (χ2n) is 8.93. The first-order chi connectivity index (χ1) is 20.1. The molecule has 0 unspecified atom stereocenters. The second kappa shape index (κ2) is 13.7. The molecule has 2 saturated heterocycles. The third-order valence-corrected chi connectivity index (χ3v) is 6.50. The average molecular weight is 656 g/mol. The number of fused-ring (bicyclic) bond motifs is 1. The number of anilines is 2. The molecule has 0 radical (unpaired) electrons. The Morgan fingerprint density at radius 3 is 2.26 bits per heavy atom. The zero-order chi connectivity index (χ0) is 32.2. The van der Waals surface area contributed by atoms with Crippen LogP contribution >= 0.6 is 23.2 Å². The van der Waals surface area contributed by atoms with Gasteiger partial charge in [0.15, 0.2) is 23.8 Å². The first kappa shape index (κ1) is 33.8. The van der Waals surface area contributed by atoms with Gasteiger partial charge in [-0.25, -0.2) is 14.6 Å². The third kappa shape index (κ3) is 7.84. The fraction of sp³-hybridized carbons (Fsp3) is 0.435. The van der Waals surface area contributed by atoms with E-state index in [1.54, 1.807) is 18.2 Å². The summed E-state index contributed by atoms with van der Waals surface area (Å²) >= 11 is 11.9. The molecule has 2 aliphatic heterocycles. The second-order valence-corrected chi connectivity index (χ2v) is 9.75. The lowest BCUT2D eigenvalue weighted by atomic mass is 10.1. The van der Waals surface area contributed by atoms with E-state index in [1.807, 2.05) is 11.8 Å². The van der Waals surface area contributed by atoms with Gasteiger partial charge in [-0.15, -0.1) is 0 Å². The highest BCUT2D eigenvalue weighted by Gasteiger charge is 2.48. The maximum atomic E-state index is 11.3. The maximum absolute atomic E-state index is 11.3. The first-order valence-electron chi connectivity index (χ1n) is 12.2. The fourth-order valence-electron chi connectivity index (χ4n) is 3.77. The van der Waals surface area contributed by atoms with E-state index >= 15 is 0 Å². The Balaban J connectivity index is 0.000000441. The van der Waals surface area contributed by atoms with Crippen molar-refractivity contribution in [3.63, 3.8) is 0 Å². The third-order valence-electron chi connectivity index (χ3n) is 5.76. The van der Waals surface area contributed by atoms with E-state index in [2.05, 4.69) is 15.0 Å². The highest BCUT2D eigenvalue weighted by atomic mass is 35.5. The molecule has 5 rings (SSSR count). The summed E-state index contributed by atoms with van der Waals surface area (Å²) in [5.41, 5.74) is 11.4. The van der Waals surface area contributed by atoms with Crippen LogP contribution in [0.2, 0.25) is 10.0 Å². The van der Waals surface area contributed by atoms with E-state index in [0.717, 1.165) is 6.54 Å². The molecular formula is C23H26Cl2F3N7O8. The Hall–Kier alpha value is -3.68. The number of nitrogen functional groups attached to an aromatic ring is 1. The van der Waals surface area contributed by atoms with Crippen LogP contribution in [-0.4, -0.2) is 102 Å². The number of carboxylic acid groups (broad SMARTS) is 2. The molecule has 4 atom stereocenters. The van der Waals surface area contributed by atoms with Gasteiger partial charge in [-0.2, -0.15) is 23.1 Å². The van der Waals surface area contributed by atoms with E-state index < -0.39 is 42.7 Å². The molecule has 8 N–H and O–H groups in total. The van der Waals surface area contributed by atoms with Gasteiger partial charge in [0, 0.05) is 6.07 Å². The maximum Gasteiger partial charge on any atom is 0.490 e. The number of nitrogens with zero attached hydrogens (tertiary/aromatic N) is 5. The molecule has 0 amide bonds. The van der Waals surface area contributed by atoms with Gasteiger partial charge in [0.1, 0.15) is 29.6 Å². The number of aromatic nitrogens is 4. The molecule has 4 heterocycles. The van der Waals surface area contributed by atoms with Crippen LogP contribution in [0.15, 0.2) is 24.5 Å². The Morgan fingerprint density at radius 1 is 1.14 bits per heavy atom. The highest BCUT2D eigenvalue weighted by Crippen LogP contribution is 2.34. The topological polar surface area (TPSA) is 232 Å². The van der Waals surface area contributed by atoms with Crippen LogP contribution < -0.4 is 21.1 Å². The minimum atomic E-state index is -5.08. The fourth-order valence-corrected chi connectivity index (χ4v) is 4.05. The number of benzene rings is 1. The lowest BCUT2D eigenvalue weighted by Crippen LogP contribution is -2.54. The quantitative estimate of drug-likeness (QED) is 0.227. The lowest BCUT2D eigenvalue weighted by Gasteiger charge is -2.39. The number of aliphatic hydroxyl groups excluding tert-OH is 2. The summed E-state index contributed by atoms with van der Waals surface area (Å²) in [6, 6.07) is 5.01. The number of alkyl halides is 3. The minimum Gasteiger partial charge on any atom is -0.487 e. The largest absolute Gasteiger partial charge is 0.490 e. The molecule has 20 heteroatoms. The predicted octanol–water partition coefficient (Wildman–Crippen LogP) is 1.29. The van der Waals surface area contributed by atoms with E-state index in [1.165, 1.54) is 10.9 Å².